The van der Waals surface area contributed by atoms with Crippen molar-refractivity contribution in [2.24, 2.45) is 0 Å². The fourth-order valence-electron chi connectivity index (χ4n) is 2.31. The molecule has 0 spiro atoms. The Labute approximate surface area is 160 Å². The predicted octanol–water partition coefficient (Wildman–Crippen LogP) is 0.487. The molecule has 1 aromatic heterocycles. The number of aromatic carboxylic acids is 1. The van der Waals surface area contributed by atoms with Crippen molar-refractivity contribution in [3.8, 4) is 5.75 Å². The molecule has 0 bridgehead atoms. The number of sulfone groups is 1. The number of carboxylic acids is 1. The number of hydrogen-bond donors (Lipinski definition) is 1. The molecular weight excluding hydrogens is 392 g/mol. The Morgan fingerprint density at radius 1 is 1.21 bits per heavy atom. The van der Waals surface area contributed by atoms with Crippen LogP contribution in [-0.4, -0.2) is 48.4 Å². The molecule has 2 rings (SSSR count). The lowest BCUT2D eigenvalue weighted by Gasteiger charge is -2.15. The predicted molar refractivity (Wildman–Crippen MR) is 96.0 cm³/mol. The minimum atomic E-state index is -4.07. The zero-order valence-corrected chi connectivity index (χ0v) is 15.9. The van der Waals surface area contributed by atoms with Crippen LogP contribution in [0, 0.1) is 0 Å². The van der Waals surface area contributed by atoms with E-state index in [-0.39, 0.29) is 19.6 Å². The van der Waals surface area contributed by atoms with Gasteiger partial charge in [0, 0.05) is 12.8 Å². The van der Waals surface area contributed by atoms with Crippen molar-refractivity contribution in [2.75, 3.05) is 13.4 Å². The lowest BCUT2D eigenvalue weighted by molar-refractivity contribution is -0.140. The highest BCUT2D eigenvalue weighted by Crippen LogP contribution is 2.17. The molecule has 10 nitrogen and oxygen atoms in total. The number of rotatable bonds is 8. The summed E-state index contributed by atoms with van der Waals surface area (Å²) in [5.74, 6) is -2.92. The Morgan fingerprint density at radius 3 is 2.39 bits per heavy atom. The van der Waals surface area contributed by atoms with Crippen molar-refractivity contribution < 1.29 is 32.6 Å². The van der Waals surface area contributed by atoms with Gasteiger partial charge in [-0.2, -0.15) is 0 Å². The second-order valence-electron chi connectivity index (χ2n) is 5.71. The molecule has 1 aromatic carbocycles. The average Bonchev–Trinajstić information content (AvgIpc) is 2.64. The summed E-state index contributed by atoms with van der Waals surface area (Å²) in [6.45, 7) is -0.504. The molecule has 11 heteroatoms. The molecule has 28 heavy (non-hydrogen) atoms. The third-order valence-corrected chi connectivity index (χ3v) is 4.60. The number of benzene rings is 1. The zero-order chi connectivity index (χ0) is 20.9. The molecule has 0 aliphatic rings. The van der Waals surface area contributed by atoms with Gasteiger partial charge in [-0.1, -0.05) is 30.3 Å². The summed E-state index contributed by atoms with van der Waals surface area (Å²) in [5, 5.41) is 8.59. The third-order valence-electron chi connectivity index (χ3n) is 3.62. The topological polar surface area (TPSA) is 142 Å². The van der Waals surface area contributed by atoms with E-state index >= 15 is 0 Å². The zero-order valence-electron chi connectivity index (χ0n) is 15.1. The highest BCUT2D eigenvalue weighted by atomic mass is 32.2. The molecule has 1 N–H and O–H groups in total. The van der Waals surface area contributed by atoms with Crippen molar-refractivity contribution in [3.05, 3.63) is 51.9 Å². The highest BCUT2D eigenvalue weighted by molar-refractivity contribution is 7.90. The van der Waals surface area contributed by atoms with Gasteiger partial charge in [0.05, 0.1) is 13.5 Å². The number of esters is 1. The van der Waals surface area contributed by atoms with Crippen molar-refractivity contribution in [3.63, 3.8) is 0 Å². The van der Waals surface area contributed by atoms with Crippen LogP contribution in [0.3, 0.4) is 0 Å². The van der Waals surface area contributed by atoms with Crippen LogP contribution in [0.4, 0.5) is 0 Å². The van der Waals surface area contributed by atoms with E-state index in [0.29, 0.717) is 10.1 Å². The molecule has 0 aliphatic carbocycles. The summed E-state index contributed by atoms with van der Waals surface area (Å²) < 4.78 is 34.6. The van der Waals surface area contributed by atoms with Crippen LogP contribution in [-0.2, 0) is 32.5 Å². The summed E-state index contributed by atoms with van der Waals surface area (Å²) in [5.41, 5.74) is -1.19. The van der Waals surface area contributed by atoms with E-state index in [4.69, 9.17) is 4.74 Å². The molecule has 0 aliphatic heterocycles. The first-order valence-electron chi connectivity index (χ1n) is 7.97. The Bertz CT molecular complexity index is 1040. The van der Waals surface area contributed by atoms with Gasteiger partial charge in [-0.3, -0.25) is 14.2 Å². The molecule has 150 valence electrons. The first kappa shape index (κ1) is 21.1. The van der Waals surface area contributed by atoms with E-state index < -0.39 is 43.9 Å². The van der Waals surface area contributed by atoms with Crippen LogP contribution in [0.25, 0.3) is 0 Å². The Morgan fingerprint density at radius 2 is 1.86 bits per heavy atom. The van der Waals surface area contributed by atoms with Gasteiger partial charge in [-0.15, -0.1) is 0 Å². The molecular formula is C17H18N2O8S. The van der Waals surface area contributed by atoms with E-state index in [1.807, 2.05) is 0 Å². The number of hydrogen-bond acceptors (Lipinski definition) is 8. The third kappa shape index (κ3) is 4.94. The van der Waals surface area contributed by atoms with E-state index in [1.54, 1.807) is 30.3 Å². The molecule has 0 saturated heterocycles. The molecule has 0 atom stereocenters. The van der Waals surface area contributed by atoms with Crippen LogP contribution in [0.2, 0.25) is 0 Å². The lowest BCUT2D eigenvalue weighted by atomic mass is 10.2. The van der Waals surface area contributed by atoms with Crippen molar-refractivity contribution in [1.29, 1.82) is 0 Å². The molecule has 0 unspecified atom stereocenters. The van der Waals surface area contributed by atoms with Crippen LogP contribution in [0.1, 0.15) is 22.5 Å². The van der Waals surface area contributed by atoms with E-state index in [0.717, 1.165) is 13.4 Å². The van der Waals surface area contributed by atoms with Gasteiger partial charge in [0.2, 0.25) is 20.7 Å². The van der Waals surface area contributed by atoms with Gasteiger partial charge in [-0.25, -0.2) is 18.2 Å². The molecule has 0 amide bonds. The number of nitrogens with zero attached hydrogens (tertiary/aromatic N) is 2. The minimum Gasteiger partial charge on any atom is -0.481 e. The van der Waals surface area contributed by atoms with E-state index in [1.165, 1.54) is 0 Å². The van der Waals surface area contributed by atoms with Gasteiger partial charge in [0.15, 0.2) is 5.69 Å². The summed E-state index contributed by atoms with van der Waals surface area (Å²) in [6.07, 6.45) is 0.463. The van der Waals surface area contributed by atoms with Gasteiger partial charge in [-0.05, 0) is 5.56 Å². The van der Waals surface area contributed by atoms with E-state index in [9.17, 15) is 27.9 Å². The number of ether oxygens (including phenoxy) is 2. The quantitative estimate of drug-likeness (QED) is 0.486. The Hall–Kier alpha value is -3.21. The summed E-state index contributed by atoms with van der Waals surface area (Å²) in [4.78, 5) is 39.3. The van der Waals surface area contributed by atoms with Gasteiger partial charge in [0.1, 0.15) is 6.61 Å². The maximum Gasteiger partial charge on any atom is 0.358 e. The first-order chi connectivity index (χ1) is 13.1. The number of carbonyl (C=O) groups excluding carboxylic acids is 1. The van der Waals surface area contributed by atoms with Crippen molar-refractivity contribution in [1.82, 2.24) is 9.55 Å². The largest absolute Gasteiger partial charge is 0.481 e. The Balaban J connectivity index is 2.57. The number of carboxylic acid groups (broad SMARTS) is 1. The van der Waals surface area contributed by atoms with Gasteiger partial charge in [0.25, 0.3) is 5.56 Å². The fraction of sp³-hybridized carbons (Fsp3) is 0.294. The lowest BCUT2D eigenvalue weighted by Crippen LogP contribution is -2.31. The van der Waals surface area contributed by atoms with Crippen LogP contribution in [0.15, 0.2) is 40.3 Å². The van der Waals surface area contributed by atoms with E-state index in [2.05, 4.69) is 9.72 Å². The standard InChI is InChI=1S/C17H18N2O8S/c1-26-12(20)8-9-19-15(21)14(27-10-11-6-4-3-5-7-11)13(16(22)23)18-17(19)28(2,24)25/h3-7H,8-10H2,1-2H3,(H,22,23). The highest BCUT2D eigenvalue weighted by Gasteiger charge is 2.27. The maximum atomic E-state index is 12.8. The van der Waals surface area contributed by atoms with Crippen molar-refractivity contribution >= 4 is 21.8 Å². The molecule has 1 heterocycles. The fourth-order valence-corrected chi connectivity index (χ4v) is 3.14. The number of aromatic nitrogens is 2. The van der Waals surface area contributed by atoms with Crippen LogP contribution >= 0.6 is 0 Å². The molecule has 0 saturated carbocycles. The Kier molecular flexibility index (Phi) is 6.52. The monoisotopic (exact) mass is 410 g/mol. The van der Waals surface area contributed by atoms with Gasteiger partial charge >= 0.3 is 11.9 Å². The second kappa shape index (κ2) is 8.65. The van der Waals surface area contributed by atoms with Crippen molar-refractivity contribution in [2.45, 2.75) is 24.7 Å². The number of methoxy groups -OCH3 is 1. The SMILES string of the molecule is COC(=O)CCn1c(S(C)(=O)=O)nc(C(=O)O)c(OCc2ccccc2)c1=O. The summed E-state index contributed by atoms with van der Waals surface area (Å²) in [7, 11) is -2.93. The van der Waals surface area contributed by atoms with Crippen LogP contribution in [0.5, 0.6) is 5.75 Å². The van der Waals surface area contributed by atoms with Crippen LogP contribution < -0.4 is 10.3 Å². The maximum absolute atomic E-state index is 12.8. The summed E-state index contributed by atoms with van der Waals surface area (Å²) in [6, 6.07) is 8.64. The van der Waals surface area contributed by atoms with Gasteiger partial charge < -0.3 is 14.6 Å². The normalized spacial score (nSPS) is 11.1. The molecule has 2 aromatic rings. The molecule has 0 fully saturated rings. The first-order valence-corrected chi connectivity index (χ1v) is 9.86. The second-order valence-corrected chi connectivity index (χ2v) is 7.62. The molecule has 0 radical (unpaired) electrons. The number of carbonyl (C=O) groups is 2. The summed E-state index contributed by atoms with van der Waals surface area (Å²) >= 11 is 0. The smallest absolute Gasteiger partial charge is 0.358 e. The minimum absolute atomic E-state index is 0.132. The average molecular weight is 410 g/mol.